The fourth-order valence-corrected chi connectivity index (χ4v) is 3.22. The van der Waals surface area contributed by atoms with E-state index < -0.39 is 21.5 Å². The number of hydrogen-bond donors (Lipinski definition) is 2. The highest BCUT2D eigenvalue weighted by molar-refractivity contribution is 7.92. The van der Waals surface area contributed by atoms with Gasteiger partial charge in [-0.05, 0) is 36.7 Å². The third-order valence-corrected chi connectivity index (χ3v) is 4.44. The summed E-state index contributed by atoms with van der Waals surface area (Å²) in [6.07, 6.45) is 0. The Bertz CT molecular complexity index is 540. The minimum Gasteiger partial charge on any atom is -0.497 e. The summed E-state index contributed by atoms with van der Waals surface area (Å²) in [6, 6.07) is 6.65. The van der Waals surface area contributed by atoms with Crippen LogP contribution < -0.4 is 15.8 Å². The van der Waals surface area contributed by atoms with Crippen LogP contribution >= 0.6 is 0 Å². The molecule has 1 rings (SSSR count). The number of benzene rings is 1. The molecular weight excluding hydrogens is 280 g/mol. The van der Waals surface area contributed by atoms with Gasteiger partial charge in [-0.2, -0.15) is 0 Å². The molecule has 0 bridgehead atoms. The van der Waals surface area contributed by atoms with Crippen LogP contribution in [-0.4, -0.2) is 39.5 Å². The Morgan fingerprint density at radius 2 is 1.95 bits per heavy atom. The molecule has 20 heavy (non-hydrogen) atoms. The molecule has 0 aliphatic carbocycles. The number of sulfone groups is 1. The molecule has 7 heteroatoms. The Balaban J connectivity index is 2.58. The Morgan fingerprint density at radius 3 is 2.45 bits per heavy atom. The summed E-state index contributed by atoms with van der Waals surface area (Å²) in [5.74, 6) is -0.677. The predicted octanol–water partition coefficient (Wildman–Crippen LogP) is 0.643. The second-order valence-corrected chi connectivity index (χ2v) is 6.78. The third-order valence-electron chi connectivity index (χ3n) is 2.67. The Morgan fingerprint density at radius 1 is 1.35 bits per heavy atom. The molecule has 112 valence electrons. The van der Waals surface area contributed by atoms with E-state index >= 15 is 0 Å². The minimum atomic E-state index is -3.44. The highest BCUT2D eigenvalue weighted by Gasteiger charge is 2.19. The molecule has 1 atom stereocenters. The second-order valence-electron chi connectivity index (χ2n) is 4.67. The van der Waals surface area contributed by atoms with Crippen LogP contribution in [0, 0.1) is 5.92 Å². The van der Waals surface area contributed by atoms with E-state index in [1.165, 1.54) is 0 Å². The van der Waals surface area contributed by atoms with Gasteiger partial charge in [-0.15, -0.1) is 0 Å². The first-order valence-corrected chi connectivity index (χ1v) is 8.03. The van der Waals surface area contributed by atoms with E-state index in [1.807, 2.05) is 0 Å². The van der Waals surface area contributed by atoms with Gasteiger partial charge in [-0.3, -0.25) is 4.79 Å². The molecule has 0 aromatic heterocycles. The lowest BCUT2D eigenvalue weighted by atomic mass is 10.2. The van der Waals surface area contributed by atoms with Crippen LogP contribution in [-0.2, 0) is 14.6 Å². The lowest BCUT2D eigenvalue weighted by Crippen LogP contribution is -2.29. The zero-order valence-electron chi connectivity index (χ0n) is 11.6. The van der Waals surface area contributed by atoms with Gasteiger partial charge in [0.2, 0.25) is 5.91 Å². The molecule has 0 heterocycles. The molecule has 3 N–H and O–H groups in total. The van der Waals surface area contributed by atoms with Gasteiger partial charge in [0, 0.05) is 5.69 Å². The van der Waals surface area contributed by atoms with Gasteiger partial charge in [-0.25, -0.2) is 8.42 Å². The smallest absolute Gasteiger partial charge is 0.239 e. The number of ether oxygens (including phenoxy) is 1. The Hall–Kier alpha value is -1.60. The number of anilines is 1. The molecule has 0 spiro atoms. The van der Waals surface area contributed by atoms with Crippen molar-refractivity contribution in [1.82, 2.24) is 0 Å². The molecule has 6 nitrogen and oxygen atoms in total. The maximum Gasteiger partial charge on any atom is 0.239 e. The predicted molar refractivity (Wildman–Crippen MR) is 78.5 cm³/mol. The van der Waals surface area contributed by atoms with Crippen LogP contribution in [0.15, 0.2) is 24.3 Å². The van der Waals surface area contributed by atoms with Crippen molar-refractivity contribution in [3.8, 4) is 5.75 Å². The van der Waals surface area contributed by atoms with Crippen LogP contribution in [0.4, 0.5) is 5.69 Å². The summed E-state index contributed by atoms with van der Waals surface area (Å²) >= 11 is 0. The van der Waals surface area contributed by atoms with Crippen molar-refractivity contribution in [3.63, 3.8) is 0 Å². The van der Waals surface area contributed by atoms with Crippen molar-refractivity contribution in [2.45, 2.75) is 6.92 Å². The van der Waals surface area contributed by atoms with E-state index in [-0.39, 0.29) is 18.2 Å². The van der Waals surface area contributed by atoms with Crippen molar-refractivity contribution < 1.29 is 17.9 Å². The van der Waals surface area contributed by atoms with Crippen LogP contribution in [0.5, 0.6) is 5.75 Å². The molecule has 0 aliphatic heterocycles. The Labute approximate surface area is 119 Å². The van der Waals surface area contributed by atoms with Crippen LogP contribution in [0.1, 0.15) is 6.92 Å². The van der Waals surface area contributed by atoms with Gasteiger partial charge in [0.25, 0.3) is 0 Å². The number of methoxy groups -OCH3 is 1. The lowest BCUT2D eigenvalue weighted by Gasteiger charge is -2.10. The van der Waals surface area contributed by atoms with Crippen LogP contribution in [0.25, 0.3) is 0 Å². The normalized spacial score (nSPS) is 12.8. The zero-order chi connectivity index (χ0) is 15.2. The number of carbonyl (C=O) groups is 1. The highest BCUT2D eigenvalue weighted by Crippen LogP contribution is 2.15. The fraction of sp³-hybridized carbons (Fsp3) is 0.462. The van der Waals surface area contributed by atoms with Crippen molar-refractivity contribution in [3.05, 3.63) is 24.3 Å². The van der Waals surface area contributed by atoms with Gasteiger partial charge in [0.1, 0.15) is 11.5 Å². The molecular formula is C13H20N2O4S. The van der Waals surface area contributed by atoms with E-state index in [9.17, 15) is 13.2 Å². The van der Waals surface area contributed by atoms with Gasteiger partial charge in [0.15, 0.2) is 9.84 Å². The molecule has 0 fully saturated rings. The maximum atomic E-state index is 11.8. The summed E-state index contributed by atoms with van der Waals surface area (Å²) in [7, 11) is -1.90. The largest absolute Gasteiger partial charge is 0.497 e. The quantitative estimate of drug-likeness (QED) is 0.770. The van der Waals surface area contributed by atoms with E-state index in [1.54, 1.807) is 38.3 Å². The van der Waals surface area contributed by atoms with E-state index in [0.29, 0.717) is 11.4 Å². The van der Waals surface area contributed by atoms with E-state index in [4.69, 9.17) is 10.5 Å². The van der Waals surface area contributed by atoms with Gasteiger partial charge >= 0.3 is 0 Å². The molecule has 1 unspecified atom stereocenters. The number of carbonyl (C=O) groups excluding carboxylic acids is 1. The number of rotatable bonds is 7. The van der Waals surface area contributed by atoms with Crippen molar-refractivity contribution in [2.75, 3.05) is 30.5 Å². The SMILES string of the molecule is COc1ccc(NC(=O)CS(=O)(=O)CC(C)CN)cc1. The monoisotopic (exact) mass is 300 g/mol. The molecule has 0 saturated heterocycles. The molecule has 0 radical (unpaired) electrons. The van der Waals surface area contributed by atoms with E-state index in [0.717, 1.165) is 0 Å². The first-order valence-electron chi connectivity index (χ1n) is 6.20. The first kappa shape index (κ1) is 16.5. The third kappa shape index (κ3) is 5.58. The average Bonchev–Trinajstić information content (AvgIpc) is 2.38. The summed E-state index contributed by atoms with van der Waals surface area (Å²) in [4.78, 5) is 11.7. The van der Waals surface area contributed by atoms with Gasteiger partial charge in [-0.1, -0.05) is 6.92 Å². The van der Waals surface area contributed by atoms with Crippen molar-refractivity contribution in [1.29, 1.82) is 0 Å². The maximum absolute atomic E-state index is 11.8. The topological polar surface area (TPSA) is 98.5 Å². The summed E-state index contributed by atoms with van der Waals surface area (Å²) in [5.41, 5.74) is 5.91. The summed E-state index contributed by atoms with van der Waals surface area (Å²) in [6.45, 7) is 2.01. The molecule has 1 amide bonds. The highest BCUT2D eigenvalue weighted by atomic mass is 32.2. The fourth-order valence-electron chi connectivity index (χ4n) is 1.63. The number of amides is 1. The van der Waals surface area contributed by atoms with Crippen molar-refractivity contribution in [2.24, 2.45) is 11.7 Å². The van der Waals surface area contributed by atoms with Crippen molar-refractivity contribution >= 4 is 21.4 Å². The number of hydrogen-bond acceptors (Lipinski definition) is 5. The van der Waals surface area contributed by atoms with Gasteiger partial charge < -0.3 is 15.8 Å². The van der Waals surface area contributed by atoms with Gasteiger partial charge in [0.05, 0.1) is 12.9 Å². The minimum absolute atomic E-state index is 0.0838. The molecule has 1 aromatic carbocycles. The number of nitrogens with one attached hydrogen (secondary N) is 1. The molecule has 1 aromatic rings. The Kier molecular flexibility index (Phi) is 5.97. The molecule has 0 aliphatic rings. The first-order chi connectivity index (χ1) is 9.36. The second kappa shape index (κ2) is 7.25. The standard InChI is InChI=1S/C13H20N2O4S/c1-10(7-14)8-20(17,18)9-13(16)15-11-3-5-12(19-2)6-4-11/h3-6,10H,7-9,14H2,1-2H3,(H,15,16). The zero-order valence-corrected chi connectivity index (χ0v) is 12.4. The lowest BCUT2D eigenvalue weighted by molar-refractivity contribution is -0.113. The number of nitrogens with two attached hydrogens (primary N) is 1. The summed E-state index contributed by atoms with van der Waals surface area (Å²) < 4.78 is 28.5. The van der Waals surface area contributed by atoms with E-state index in [2.05, 4.69) is 5.32 Å². The van der Waals surface area contributed by atoms with Crippen LogP contribution in [0.2, 0.25) is 0 Å². The summed E-state index contributed by atoms with van der Waals surface area (Å²) in [5, 5.41) is 2.54. The van der Waals surface area contributed by atoms with Crippen LogP contribution in [0.3, 0.4) is 0 Å². The average molecular weight is 300 g/mol. The molecule has 0 saturated carbocycles.